The van der Waals surface area contributed by atoms with Gasteiger partial charge in [-0.1, -0.05) is 0 Å². The van der Waals surface area contributed by atoms with Gasteiger partial charge in [0.15, 0.2) is 0 Å². The Morgan fingerprint density at radius 3 is 2.40 bits per heavy atom. The largest absolute Gasteiger partial charge is 0.573 e. The molecule has 0 saturated heterocycles. The molecule has 0 N–H and O–H groups in total. The number of hydrogen-bond donors (Lipinski definition) is 0. The molecule has 0 heterocycles. The third-order valence-corrected chi connectivity index (χ3v) is 2.63. The lowest BCUT2D eigenvalue weighted by Gasteiger charge is -2.10. The fourth-order valence-corrected chi connectivity index (χ4v) is 1.63. The molecule has 0 aliphatic rings. The van der Waals surface area contributed by atoms with Crippen molar-refractivity contribution in [3.63, 3.8) is 0 Å². The van der Waals surface area contributed by atoms with Gasteiger partial charge in [0, 0.05) is 28.2 Å². The minimum atomic E-state index is -4.74. The molecule has 0 amide bonds. The zero-order valence-corrected chi connectivity index (χ0v) is 10.7. The van der Waals surface area contributed by atoms with E-state index in [-0.39, 0.29) is 14.0 Å². The van der Waals surface area contributed by atoms with Gasteiger partial charge >= 0.3 is 6.36 Å². The van der Waals surface area contributed by atoms with E-state index in [1.165, 1.54) is 12.1 Å². The van der Waals surface area contributed by atoms with Gasteiger partial charge in [0.1, 0.15) is 5.75 Å². The SMILES string of the molecule is O=C(I)c1ccc(OC(F)(F)F)c(Br)c1. The molecule has 0 radical (unpaired) electrons. The number of carbonyl (C=O) groups is 1. The van der Waals surface area contributed by atoms with Gasteiger partial charge in [-0.3, -0.25) is 4.79 Å². The number of hydrogen-bond acceptors (Lipinski definition) is 2. The predicted octanol–water partition coefficient (Wildman–Crippen LogP) is 3.92. The number of ether oxygens (including phenoxy) is 1. The molecule has 0 spiro atoms. The molecule has 2 nitrogen and oxygen atoms in total. The van der Waals surface area contributed by atoms with E-state index in [0.29, 0.717) is 5.56 Å². The molecule has 7 heteroatoms. The molecule has 1 aromatic rings. The van der Waals surface area contributed by atoms with E-state index in [2.05, 4.69) is 20.7 Å². The second kappa shape index (κ2) is 4.69. The summed E-state index contributed by atoms with van der Waals surface area (Å²) in [7, 11) is 0. The maximum Gasteiger partial charge on any atom is 0.573 e. The van der Waals surface area contributed by atoms with Crippen molar-refractivity contribution in [2.24, 2.45) is 0 Å². The lowest BCUT2D eigenvalue weighted by Crippen LogP contribution is -2.17. The van der Waals surface area contributed by atoms with Crippen molar-refractivity contribution in [2.75, 3.05) is 0 Å². The van der Waals surface area contributed by atoms with Crippen molar-refractivity contribution in [2.45, 2.75) is 6.36 Å². The maximum atomic E-state index is 11.9. The van der Waals surface area contributed by atoms with Crippen LogP contribution in [0.3, 0.4) is 0 Å². The monoisotopic (exact) mass is 394 g/mol. The number of rotatable bonds is 2. The third kappa shape index (κ3) is 3.98. The Labute approximate surface area is 105 Å². The number of halogens is 5. The Morgan fingerprint density at radius 1 is 1.40 bits per heavy atom. The van der Waals surface area contributed by atoms with Crippen LogP contribution in [0.4, 0.5) is 13.2 Å². The molecule has 0 saturated carbocycles. The molecule has 0 bridgehead atoms. The first-order valence-electron chi connectivity index (χ1n) is 3.55. The summed E-state index contributed by atoms with van der Waals surface area (Å²) in [5.74, 6) is -0.371. The minimum Gasteiger partial charge on any atom is -0.405 e. The topological polar surface area (TPSA) is 26.3 Å². The van der Waals surface area contributed by atoms with E-state index in [1.807, 2.05) is 0 Å². The standard InChI is InChI=1S/C8H3BrF3IO2/c9-5-3-4(7(13)14)1-2-6(5)15-8(10,11)12/h1-3H. The zero-order chi connectivity index (χ0) is 11.6. The molecule has 1 aromatic carbocycles. The van der Waals surface area contributed by atoms with Gasteiger partial charge in [0.05, 0.1) is 4.47 Å². The molecular weight excluding hydrogens is 392 g/mol. The Kier molecular flexibility index (Phi) is 3.99. The van der Waals surface area contributed by atoms with Gasteiger partial charge in [-0.25, -0.2) is 0 Å². The first kappa shape index (κ1) is 12.8. The third-order valence-electron chi connectivity index (χ3n) is 1.38. The second-order valence-corrected chi connectivity index (χ2v) is 4.30. The lowest BCUT2D eigenvalue weighted by atomic mass is 10.2. The fourth-order valence-electron chi connectivity index (χ4n) is 0.831. The van der Waals surface area contributed by atoms with Crippen LogP contribution in [-0.4, -0.2) is 10.2 Å². The lowest BCUT2D eigenvalue weighted by molar-refractivity contribution is -0.274. The van der Waals surface area contributed by atoms with Gasteiger partial charge < -0.3 is 4.74 Å². The molecule has 82 valence electrons. The quantitative estimate of drug-likeness (QED) is 0.561. The predicted molar refractivity (Wildman–Crippen MR) is 59.2 cm³/mol. The van der Waals surface area contributed by atoms with Crippen LogP contribution in [-0.2, 0) is 0 Å². The number of carbonyl (C=O) groups excluding carboxylic acids is 1. The molecule has 0 aliphatic carbocycles. The average Bonchev–Trinajstić information content (AvgIpc) is 2.05. The van der Waals surface area contributed by atoms with Crippen molar-refractivity contribution in [3.05, 3.63) is 28.2 Å². The normalized spacial score (nSPS) is 11.3. The molecule has 0 unspecified atom stereocenters. The van der Waals surface area contributed by atoms with E-state index in [4.69, 9.17) is 0 Å². The fraction of sp³-hybridized carbons (Fsp3) is 0.125. The minimum absolute atomic E-state index is 0.0855. The first-order valence-corrected chi connectivity index (χ1v) is 5.42. The van der Waals surface area contributed by atoms with E-state index < -0.39 is 6.36 Å². The first-order chi connectivity index (χ1) is 6.79. The van der Waals surface area contributed by atoms with Gasteiger partial charge in [-0.05, 0) is 34.1 Å². The highest BCUT2D eigenvalue weighted by Crippen LogP contribution is 2.31. The van der Waals surface area contributed by atoms with Crippen molar-refractivity contribution in [1.82, 2.24) is 0 Å². The van der Waals surface area contributed by atoms with Crippen molar-refractivity contribution in [1.29, 1.82) is 0 Å². The van der Waals surface area contributed by atoms with Crippen LogP contribution in [0.5, 0.6) is 5.75 Å². The molecule has 0 atom stereocenters. The Hall–Kier alpha value is -0.310. The van der Waals surface area contributed by atoms with Crippen LogP contribution in [0, 0.1) is 0 Å². The Bertz CT molecular complexity index is 392. The van der Waals surface area contributed by atoms with Crippen molar-refractivity contribution < 1.29 is 22.7 Å². The highest BCUT2D eigenvalue weighted by Gasteiger charge is 2.32. The Morgan fingerprint density at radius 2 is 2.00 bits per heavy atom. The highest BCUT2D eigenvalue weighted by molar-refractivity contribution is 14.1. The molecule has 15 heavy (non-hydrogen) atoms. The molecule has 0 fully saturated rings. The van der Waals surface area contributed by atoms with Gasteiger partial charge in [-0.15, -0.1) is 13.2 Å². The molecule has 0 aliphatic heterocycles. The highest BCUT2D eigenvalue weighted by atomic mass is 127. The van der Waals surface area contributed by atoms with E-state index >= 15 is 0 Å². The maximum absolute atomic E-state index is 11.9. The van der Waals surface area contributed by atoms with Crippen molar-refractivity contribution in [3.8, 4) is 5.75 Å². The number of benzene rings is 1. The molecule has 0 aromatic heterocycles. The van der Waals surface area contributed by atoms with Gasteiger partial charge in [-0.2, -0.15) is 0 Å². The van der Waals surface area contributed by atoms with E-state index in [9.17, 15) is 18.0 Å². The van der Waals surface area contributed by atoms with Crippen LogP contribution in [0.15, 0.2) is 22.7 Å². The summed E-state index contributed by atoms with van der Waals surface area (Å²) in [6.07, 6.45) is -4.74. The van der Waals surface area contributed by atoms with Crippen LogP contribution in [0.25, 0.3) is 0 Å². The van der Waals surface area contributed by atoms with Crippen LogP contribution in [0.1, 0.15) is 10.4 Å². The number of alkyl halides is 3. The van der Waals surface area contributed by atoms with E-state index in [0.717, 1.165) is 6.07 Å². The summed E-state index contributed by atoms with van der Waals surface area (Å²) < 4.78 is 39.1. The summed E-state index contributed by atoms with van der Waals surface area (Å²) in [5, 5.41) is 0. The molecule has 1 rings (SSSR count). The van der Waals surface area contributed by atoms with Crippen LogP contribution < -0.4 is 4.74 Å². The van der Waals surface area contributed by atoms with Crippen molar-refractivity contribution >= 4 is 42.3 Å². The Balaban J connectivity index is 2.99. The zero-order valence-electron chi connectivity index (χ0n) is 6.94. The summed E-state index contributed by atoms with van der Waals surface area (Å²) in [6, 6.07) is 3.62. The summed E-state index contributed by atoms with van der Waals surface area (Å²) in [6.45, 7) is 0. The average molecular weight is 395 g/mol. The summed E-state index contributed by atoms with van der Waals surface area (Å²) in [4.78, 5) is 10.9. The van der Waals surface area contributed by atoms with Gasteiger partial charge in [0.2, 0.25) is 3.79 Å². The smallest absolute Gasteiger partial charge is 0.405 e. The van der Waals surface area contributed by atoms with Crippen LogP contribution in [0.2, 0.25) is 0 Å². The summed E-state index contributed by atoms with van der Waals surface area (Å²) >= 11 is 4.43. The summed E-state index contributed by atoms with van der Waals surface area (Å²) in [5.41, 5.74) is 0.303. The van der Waals surface area contributed by atoms with Crippen LogP contribution >= 0.6 is 38.5 Å². The van der Waals surface area contributed by atoms with Gasteiger partial charge in [0.25, 0.3) is 0 Å². The van der Waals surface area contributed by atoms with E-state index in [1.54, 1.807) is 22.6 Å². The molecular formula is C8H3BrF3IO2. The second-order valence-electron chi connectivity index (χ2n) is 2.47.